The maximum Gasteiger partial charge on any atom is 0.307 e. The minimum Gasteiger partial charge on any atom is -0.481 e. The Labute approximate surface area is 69.2 Å². The molecule has 0 aromatic heterocycles. The van der Waals surface area contributed by atoms with Crippen molar-refractivity contribution < 1.29 is 19.8 Å². The van der Waals surface area contributed by atoms with Crippen LogP contribution >= 0.6 is 0 Å². The smallest absolute Gasteiger partial charge is 0.307 e. The lowest BCUT2D eigenvalue weighted by molar-refractivity contribution is -0.143. The summed E-state index contributed by atoms with van der Waals surface area (Å²) in [5.74, 6) is -2.32. The molecule has 0 saturated heterocycles. The fourth-order valence-corrected chi connectivity index (χ4v) is 2.52. The molecule has 1 unspecified atom stereocenters. The molecule has 2 rings (SSSR count). The molecule has 0 aliphatic heterocycles. The molecule has 2 aliphatic carbocycles. The van der Waals surface area contributed by atoms with Gasteiger partial charge in [0.15, 0.2) is 0 Å². The topological polar surface area (TPSA) is 74.6 Å². The lowest BCUT2D eigenvalue weighted by Crippen LogP contribution is -2.17. The van der Waals surface area contributed by atoms with Crippen molar-refractivity contribution in [2.24, 2.45) is 23.7 Å². The van der Waals surface area contributed by atoms with Gasteiger partial charge >= 0.3 is 11.9 Å². The van der Waals surface area contributed by atoms with Crippen LogP contribution in [-0.2, 0) is 9.59 Å². The Morgan fingerprint density at radius 2 is 1.75 bits per heavy atom. The van der Waals surface area contributed by atoms with E-state index < -0.39 is 17.9 Å². The van der Waals surface area contributed by atoms with E-state index in [1.54, 1.807) is 0 Å². The molecule has 0 amide bonds. The van der Waals surface area contributed by atoms with Crippen LogP contribution in [-0.4, -0.2) is 22.2 Å². The minimum atomic E-state index is -0.828. The van der Waals surface area contributed by atoms with Crippen molar-refractivity contribution in [1.82, 2.24) is 0 Å². The summed E-state index contributed by atoms with van der Waals surface area (Å²) in [6.07, 6.45) is 1.44. The van der Waals surface area contributed by atoms with Gasteiger partial charge in [-0.2, -0.15) is 0 Å². The zero-order valence-corrected chi connectivity index (χ0v) is 6.43. The molecule has 12 heavy (non-hydrogen) atoms. The highest BCUT2D eigenvalue weighted by Gasteiger charge is 2.63. The fourth-order valence-electron chi connectivity index (χ4n) is 2.52. The normalized spacial score (nSPS) is 43.7. The molecular weight excluding hydrogens is 160 g/mol. The predicted molar refractivity (Wildman–Crippen MR) is 38.5 cm³/mol. The maximum atomic E-state index is 10.6. The number of fused-ring (bicyclic) bond motifs is 1. The van der Waals surface area contributed by atoms with Gasteiger partial charge in [0.1, 0.15) is 0 Å². The van der Waals surface area contributed by atoms with Crippen LogP contribution in [0.1, 0.15) is 12.8 Å². The van der Waals surface area contributed by atoms with Crippen molar-refractivity contribution in [1.29, 1.82) is 0 Å². The number of carboxylic acid groups (broad SMARTS) is 2. The van der Waals surface area contributed by atoms with Gasteiger partial charge in [0.25, 0.3) is 0 Å². The average molecular weight is 170 g/mol. The number of hydrogen-bond acceptors (Lipinski definition) is 2. The third kappa shape index (κ3) is 0.838. The van der Waals surface area contributed by atoms with E-state index in [9.17, 15) is 9.59 Å². The molecule has 4 atom stereocenters. The molecule has 2 fully saturated rings. The van der Waals surface area contributed by atoms with Gasteiger partial charge in [-0.15, -0.1) is 0 Å². The van der Waals surface area contributed by atoms with Gasteiger partial charge in [0.2, 0.25) is 0 Å². The molecule has 0 spiro atoms. The van der Waals surface area contributed by atoms with Crippen molar-refractivity contribution in [3.8, 4) is 0 Å². The van der Waals surface area contributed by atoms with Gasteiger partial charge < -0.3 is 10.2 Å². The van der Waals surface area contributed by atoms with Crippen molar-refractivity contribution in [3.05, 3.63) is 0 Å². The average Bonchev–Trinajstić information content (AvgIpc) is 2.52. The molecule has 2 N–H and O–H groups in total. The van der Waals surface area contributed by atoms with Crippen LogP contribution in [0.25, 0.3) is 0 Å². The second-order valence-corrected chi connectivity index (χ2v) is 3.63. The van der Waals surface area contributed by atoms with Crippen LogP contribution in [0, 0.1) is 23.7 Å². The summed E-state index contributed by atoms with van der Waals surface area (Å²) >= 11 is 0. The summed E-state index contributed by atoms with van der Waals surface area (Å²) in [6, 6.07) is 0. The van der Waals surface area contributed by atoms with Crippen molar-refractivity contribution in [2.45, 2.75) is 12.8 Å². The summed E-state index contributed by atoms with van der Waals surface area (Å²) in [7, 11) is 0. The largest absolute Gasteiger partial charge is 0.481 e. The molecule has 4 heteroatoms. The Morgan fingerprint density at radius 3 is 2.17 bits per heavy atom. The maximum absolute atomic E-state index is 10.6. The molecule has 0 bridgehead atoms. The Kier molecular flexibility index (Phi) is 1.40. The van der Waals surface area contributed by atoms with Crippen molar-refractivity contribution in [2.75, 3.05) is 0 Å². The number of aliphatic carboxylic acids is 2. The lowest BCUT2D eigenvalue weighted by atomic mass is 10.0. The molecule has 0 heterocycles. The van der Waals surface area contributed by atoms with E-state index in [2.05, 4.69) is 0 Å². The standard InChI is InChI=1S/C8H10O4/c9-7(10)4-2-1-3-5(4)6(3)8(11)12/h3-6H,1-2H2,(H,9,10)(H,11,12)/t3-,4?,5-,6+/m1/s1. The van der Waals surface area contributed by atoms with Crippen LogP contribution in [0.2, 0.25) is 0 Å². The third-order valence-electron chi connectivity index (χ3n) is 3.11. The highest BCUT2D eigenvalue weighted by molar-refractivity contribution is 5.79. The Bertz CT molecular complexity index is 247. The molecule has 0 radical (unpaired) electrons. The Hall–Kier alpha value is -1.06. The second-order valence-electron chi connectivity index (χ2n) is 3.63. The Morgan fingerprint density at radius 1 is 1.08 bits per heavy atom. The molecule has 66 valence electrons. The summed E-state index contributed by atoms with van der Waals surface area (Å²) in [6.45, 7) is 0. The summed E-state index contributed by atoms with van der Waals surface area (Å²) in [5, 5.41) is 17.4. The molecule has 0 aromatic rings. The first-order valence-electron chi connectivity index (χ1n) is 4.08. The van der Waals surface area contributed by atoms with E-state index in [1.165, 1.54) is 0 Å². The lowest BCUT2D eigenvalue weighted by Gasteiger charge is -2.05. The monoisotopic (exact) mass is 170 g/mol. The van der Waals surface area contributed by atoms with E-state index >= 15 is 0 Å². The quantitative estimate of drug-likeness (QED) is 0.630. The van der Waals surface area contributed by atoms with Crippen LogP contribution in [0.3, 0.4) is 0 Å². The first kappa shape index (κ1) is 7.58. The SMILES string of the molecule is O=C(O)C1CC[C@H]2[C@H](C(=O)O)[C@@H]12. The number of rotatable bonds is 2. The number of hydrogen-bond donors (Lipinski definition) is 2. The minimum absolute atomic E-state index is 0.0694. The summed E-state index contributed by atoms with van der Waals surface area (Å²) < 4.78 is 0. The van der Waals surface area contributed by atoms with Crippen molar-refractivity contribution in [3.63, 3.8) is 0 Å². The highest BCUT2D eigenvalue weighted by Crippen LogP contribution is 2.60. The Balaban J connectivity index is 2.07. The molecule has 0 aromatic carbocycles. The molecule has 4 nitrogen and oxygen atoms in total. The zero-order valence-electron chi connectivity index (χ0n) is 6.43. The van der Waals surface area contributed by atoms with Crippen LogP contribution in [0.15, 0.2) is 0 Å². The third-order valence-corrected chi connectivity index (χ3v) is 3.11. The second kappa shape index (κ2) is 2.21. The number of carboxylic acids is 2. The van der Waals surface area contributed by atoms with Gasteiger partial charge in [-0.05, 0) is 24.7 Å². The number of carbonyl (C=O) groups is 2. The van der Waals surface area contributed by atoms with Gasteiger partial charge in [-0.1, -0.05) is 0 Å². The van der Waals surface area contributed by atoms with Crippen LogP contribution in [0.5, 0.6) is 0 Å². The van der Waals surface area contributed by atoms with E-state index in [0.29, 0.717) is 6.42 Å². The van der Waals surface area contributed by atoms with E-state index in [0.717, 1.165) is 6.42 Å². The van der Waals surface area contributed by atoms with Crippen LogP contribution in [0.4, 0.5) is 0 Å². The van der Waals surface area contributed by atoms with Crippen molar-refractivity contribution >= 4 is 11.9 Å². The molecular formula is C8H10O4. The molecule has 2 saturated carbocycles. The van der Waals surface area contributed by atoms with Gasteiger partial charge in [0.05, 0.1) is 11.8 Å². The van der Waals surface area contributed by atoms with E-state index in [4.69, 9.17) is 10.2 Å². The van der Waals surface area contributed by atoms with E-state index in [-0.39, 0.29) is 17.8 Å². The predicted octanol–water partition coefficient (Wildman–Crippen LogP) is 0.428. The summed E-state index contributed by atoms with van der Waals surface area (Å²) in [5.41, 5.74) is 0. The first-order chi connectivity index (χ1) is 5.63. The summed E-state index contributed by atoms with van der Waals surface area (Å²) in [4.78, 5) is 21.2. The van der Waals surface area contributed by atoms with Crippen LogP contribution < -0.4 is 0 Å². The molecule has 2 aliphatic rings. The van der Waals surface area contributed by atoms with Gasteiger partial charge in [0, 0.05) is 0 Å². The van der Waals surface area contributed by atoms with Gasteiger partial charge in [-0.25, -0.2) is 0 Å². The first-order valence-corrected chi connectivity index (χ1v) is 4.08. The highest BCUT2D eigenvalue weighted by atomic mass is 16.4. The zero-order chi connectivity index (χ0) is 8.88. The van der Waals surface area contributed by atoms with Gasteiger partial charge in [-0.3, -0.25) is 9.59 Å². The van der Waals surface area contributed by atoms with E-state index in [1.807, 2.05) is 0 Å². The fraction of sp³-hybridized carbons (Fsp3) is 0.750.